The summed E-state index contributed by atoms with van der Waals surface area (Å²) >= 11 is 0. The van der Waals surface area contributed by atoms with Crippen molar-refractivity contribution >= 4 is 10.9 Å². The molecular formula is C14H20N2O. The molecule has 1 aromatic heterocycles. The lowest BCUT2D eigenvalue weighted by molar-refractivity contribution is 0.415. The van der Waals surface area contributed by atoms with E-state index >= 15 is 0 Å². The van der Waals surface area contributed by atoms with Gasteiger partial charge in [-0.3, -0.25) is 0 Å². The maximum Gasteiger partial charge on any atom is 0.120 e. The maximum absolute atomic E-state index is 5.78. The van der Waals surface area contributed by atoms with Crippen LogP contribution >= 0.6 is 0 Å². The minimum Gasteiger partial charge on any atom is -0.497 e. The largest absolute Gasteiger partial charge is 0.497 e. The standard InChI is InChI=1S/C14H20N2O/c1-9(8-15)14-10(2)12-6-5-11(17-4)7-13(12)16(14)3/h5-7,9H,8,15H2,1-4H3. The molecule has 17 heavy (non-hydrogen) atoms. The molecule has 0 aliphatic heterocycles. The molecule has 1 unspecified atom stereocenters. The molecule has 0 saturated carbocycles. The first-order valence-electron chi connectivity index (χ1n) is 5.93. The van der Waals surface area contributed by atoms with E-state index in [2.05, 4.69) is 37.6 Å². The Morgan fingerprint density at radius 3 is 2.71 bits per heavy atom. The number of ether oxygens (including phenoxy) is 1. The van der Waals surface area contributed by atoms with Gasteiger partial charge >= 0.3 is 0 Å². The summed E-state index contributed by atoms with van der Waals surface area (Å²) in [6.45, 7) is 5.00. The predicted molar refractivity (Wildman–Crippen MR) is 71.7 cm³/mol. The summed E-state index contributed by atoms with van der Waals surface area (Å²) in [5.74, 6) is 1.27. The van der Waals surface area contributed by atoms with Crippen LogP contribution in [-0.2, 0) is 7.05 Å². The molecule has 0 saturated heterocycles. The summed E-state index contributed by atoms with van der Waals surface area (Å²) in [7, 11) is 3.79. The summed E-state index contributed by atoms with van der Waals surface area (Å²) in [5, 5.41) is 1.28. The molecular weight excluding hydrogens is 212 g/mol. The molecule has 0 amide bonds. The first kappa shape index (κ1) is 12.0. The zero-order chi connectivity index (χ0) is 12.6. The highest BCUT2D eigenvalue weighted by atomic mass is 16.5. The number of hydrogen-bond acceptors (Lipinski definition) is 2. The fourth-order valence-electron chi connectivity index (χ4n) is 2.56. The van der Waals surface area contributed by atoms with Crippen LogP contribution < -0.4 is 10.5 Å². The van der Waals surface area contributed by atoms with Crippen molar-refractivity contribution in [3.05, 3.63) is 29.5 Å². The molecule has 0 bridgehead atoms. The minimum atomic E-state index is 0.374. The van der Waals surface area contributed by atoms with Gasteiger partial charge in [-0.05, 0) is 24.6 Å². The third kappa shape index (κ3) is 1.80. The van der Waals surface area contributed by atoms with Gasteiger partial charge in [0.2, 0.25) is 0 Å². The SMILES string of the molecule is COc1ccc2c(C)c(C(C)CN)n(C)c2c1. The summed E-state index contributed by atoms with van der Waals surface area (Å²) < 4.78 is 7.50. The molecule has 2 rings (SSSR count). The summed E-state index contributed by atoms with van der Waals surface area (Å²) in [5.41, 5.74) is 9.63. The Kier molecular flexibility index (Phi) is 3.11. The van der Waals surface area contributed by atoms with Crippen LogP contribution in [0.1, 0.15) is 24.1 Å². The molecule has 3 nitrogen and oxygen atoms in total. The van der Waals surface area contributed by atoms with Crippen LogP contribution in [0.15, 0.2) is 18.2 Å². The van der Waals surface area contributed by atoms with E-state index in [4.69, 9.17) is 10.5 Å². The fraction of sp³-hybridized carbons (Fsp3) is 0.429. The van der Waals surface area contributed by atoms with Crippen LogP contribution in [0.3, 0.4) is 0 Å². The molecule has 3 heteroatoms. The molecule has 1 aromatic carbocycles. The van der Waals surface area contributed by atoms with E-state index in [9.17, 15) is 0 Å². The quantitative estimate of drug-likeness (QED) is 0.883. The van der Waals surface area contributed by atoms with E-state index < -0.39 is 0 Å². The van der Waals surface area contributed by atoms with E-state index in [0.29, 0.717) is 12.5 Å². The van der Waals surface area contributed by atoms with Gasteiger partial charge in [0.05, 0.1) is 12.6 Å². The molecule has 0 aliphatic rings. The Balaban J connectivity index is 2.71. The van der Waals surface area contributed by atoms with Crippen molar-refractivity contribution in [2.45, 2.75) is 19.8 Å². The number of rotatable bonds is 3. The molecule has 0 fully saturated rings. The highest BCUT2D eigenvalue weighted by Crippen LogP contribution is 2.31. The average Bonchev–Trinajstić information content (AvgIpc) is 2.60. The highest BCUT2D eigenvalue weighted by molar-refractivity contribution is 5.86. The molecule has 0 aliphatic carbocycles. The van der Waals surface area contributed by atoms with Crippen LogP contribution in [-0.4, -0.2) is 18.2 Å². The lowest BCUT2D eigenvalue weighted by Gasteiger charge is -2.12. The second-order valence-electron chi connectivity index (χ2n) is 4.59. The van der Waals surface area contributed by atoms with Crippen molar-refractivity contribution in [3.8, 4) is 5.75 Å². The van der Waals surface area contributed by atoms with E-state index in [-0.39, 0.29) is 0 Å². The van der Waals surface area contributed by atoms with Gasteiger partial charge < -0.3 is 15.0 Å². The van der Waals surface area contributed by atoms with E-state index in [1.54, 1.807) is 7.11 Å². The molecule has 92 valence electrons. The van der Waals surface area contributed by atoms with Gasteiger partial charge in [-0.15, -0.1) is 0 Å². The molecule has 0 spiro atoms. The topological polar surface area (TPSA) is 40.2 Å². The van der Waals surface area contributed by atoms with Gasteiger partial charge in [0.25, 0.3) is 0 Å². The number of fused-ring (bicyclic) bond motifs is 1. The fourth-order valence-corrected chi connectivity index (χ4v) is 2.56. The molecule has 2 N–H and O–H groups in total. The van der Waals surface area contributed by atoms with Crippen molar-refractivity contribution in [2.75, 3.05) is 13.7 Å². The van der Waals surface area contributed by atoms with Crippen LogP contribution in [0, 0.1) is 6.92 Å². The predicted octanol–water partition coefficient (Wildman–Crippen LogP) is 2.56. The van der Waals surface area contributed by atoms with Gasteiger partial charge in [0.15, 0.2) is 0 Å². The summed E-state index contributed by atoms with van der Waals surface area (Å²) in [6.07, 6.45) is 0. The summed E-state index contributed by atoms with van der Waals surface area (Å²) in [6, 6.07) is 6.21. The first-order valence-corrected chi connectivity index (χ1v) is 5.93. The van der Waals surface area contributed by atoms with Gasteiger partial charge in [0.1, 0.15) is 5.75 Å². The Labute approximate surface area is 102 Å². The second-order valence-corrected chi connectivity index (χ2v) is 4.59. The van der Waals surface area contributed by atoms with Crippen molar-refractivity contribution in [2.24, 2.45) is 12.8 Å². The average molecular weight is 232 g/mol. The molecule has 1 atom stereocenters. The Morgan fingerprint density at radius 2 is 2.12 bits per heavy atom. The second kappa shape index (κ2) is 4.41. The number of nitrogens with zero attached hydrogens (tertiary/aromatic N) is 1. The van der Waals surface area contributed by atoms with Gasteiger partial charge in [-0.1, -0.05) is 6.92 Å². The van der Waals surface area contributed by atoms with Crippen molar-refractivity contribution in [1.82, 2.24) is 4.57 Å². The van der Waals surface area contributed by atoms with Crippen LogP contribution in [0.5, 0.6) is 5.75 Å². The highest BCUT2D eigenvalue weighted by Gasteiger charge is 2.16. The van der Waals surface area contributed by atoms with Crippen molar-refractivity contribution in [3.63, 3.8) is 0 Å². The van der Waals surface area contributed by atoms with Crippen LogP contribution in [0.4, 0.5) is 0 Å². The number of hydrogen-bond donors (Lipinski definition) is 1. The van der Waals surface area contributed by atoms with Gasteiger partial charge in [0, 0.05) is 36.7 Å². The Bertz CT molecular complexity index is 543. The van der Waals surface area contributed by atoms with Gasteiger partial charge in [-0.25, -0.2) is 0 Å². The van der Waals surface area contributed by atoms with Crippen molar-refractivity contribution < 1.29 is 4.74 Å². The lowest BCUT2D eigenvalue weighted by atomic mass is 10.0. The third-order valence-electron chi connectivity index (χ3n) is 3.54. The third-order valence-corrected chi connectivity index (χ3v) is 3.54. The van der Waals surface area contributed by atoms with E-state index in [1.807, 2.05) is 6.07 Å². The number of aryl methyl sites for hydroxylation is 2. The van der Waals surface area contributed by atoms with E-state index in [1.165, 1.54) is 22.2 Å². The number of nitrogens with two attached hydrogens (primary N) is 1. The number of benzene rings is 1. The van der Waals surface area contributed by atoms with Crippen LogP contribution in [0.2, 0.25) is 0 Å². The monoisotopic (exact) mass is 232 g/mol. The molecule has 0 radical (unpaired) electrons. The minimum absolute atomic E-state index is 0.374. The van der Waals surface area contributed by atoms with Gasteiger partial charge in [-0.2, -0.15) is 0 Å². The Hall–Kier alpha value is -1.48. The number of aromatic nitrogens is 1. The number of methoxy groups -OCH3 is 1. The lowest BCUT2D eigenvalue weighted by Crippen LogP contribution is -2.13. The molecule has 2 aromatic rings. The zero-order valence-electron chi connectivity index (χ0n) is 10.9. The summed E-state index contributed by atoms with van der Waals surface area (Å²) in [4.78, 5) is 0. The smallest absolute Gasteiger partial charge is 0.120 e. The normalized spacial score (nSPS) is 13.0. The van der Waals surface area contributed by atoms with E-state index in [0.717, 1.165) is 5.75 Å². The zero-order valence-corrected chi connectivity index (χ0v) is 10.9. The van der Waals surface area contributed by atoms with Crippen LogP contribution in [0.25, 0.3) is 10.9 Å². The van der Waals surface area contributed by atoms with Crippen molar-refractivity contribution in [1.29, 1.82) is 0 Å². The Morgan fingerprint density at radius 1 is 1.41 bits per heavy atom. The maximum atomic E-state index is 5.78. The first-order chi connectivity index (χ1) is 8.10. The molecule has 1 heterocycles.